The summed E-state index contributed by atoms with van der Waals surface area (Å²) in [6, 6.07) is 4.33. The molecule has 0 aliphatic carbocycles. The number of H-pyrrole nitrogens is 2. The monoisotopic (exact) mass is 250 g/mol. The number of aromatic amines is 2. The van der Waals surface area contributed by atoms with Crippen LogP contribution in [0.2, 0.25) is 0 Å². The molecular weight excluding hydrogens is 239 g/mol. The van der Waals surface area contributed by atoms with Gasteiger partial charge in [-0.15, -0.1) is 0 Å². The number of carbonyl (C=O) groups is 1. The molecule has 2 rings (SSSR count). The van der Waals surface area contributed by atoms with E-state index >= 15 is 0 Å². The van der Waals surface area contributed by atoms with E-state index in [1.54, 1.807) is 13.0 Å². The molecular formula is C12H11FN2O3. The zero-order chi connectivity index (χ0) is 13.3. The maximum atomic E-state index is 13.2. The van der Waals surface area contributed by atoms with Crippen molar-refractivity contribution in [2.24, 2.45) is 0 Å². The fraction of sp³-hybridized carbons (Fsp3) is 0.167. The van der Waals surface area contributed by atoms with Crippen molar-refractivity contribution in [1.82, 2.24) is 10.2 Å². The molecule has 1 aromatic carbocycles. The molecule has 5 nitrogen and oxygen atoms in total. The molecule has 18 heavy (non-hydrogen) atoms. The molecule has 0 unspecified atom stereocenters. The lowest BCUT2D eigenvalue weighted by molar-refractivity contribution is -0.136. The molecule has 0 saturated heterocycles. The van der Waals surface area contributed by atoms with Crippen LogP contribution in [0.5, 0.6) is 0 Å². The normalized spacial score (nSPS) is 10.6. The van der Waals surface area contributed by atoms with E-state index in [2.05, 4.69) is 10.2 Å². The van der Waals surface area contributed by atoms with Crippen LogP contribution >= 0.6 is 0 Å². The van der Waals surface area contributed by atoms with Gasteiger partial charge < -0.3 is 5.11 Å². The number of benzene rings is 1. The molecule has 6 heteroatoms. The Kier molecular flexibility index (Phi) is 3.01. The van der Waals surface area contributed by atoms with Gasteiger partial charge in [0.05, 0.1) is 17.7 Å². The molecule has 2 aromatic rings. The number of rotatable bonds is 3. The lowest BCUT2D eigenvalue weighted by Gasteiger charge is -2.03. The second-order valence-electron chi connectivity index (χ2n) is 3.97. The summed E-state index contributed by atoms with van der Waals surface area (Å²) in [6.07, 6.45) is -0.384. The summed E-state index contributed by atoms with van der Waals surface area (Å²) in [5.41, 5.74) is 1.03. The summed E-state index contributed by atoms with van der Waals surface area (Å²) in [5.74, 6) is -1.45. The molecule has 0 aliphatic heterocycles. The average molecular weight is 250 g/mol. The summed E-state index contributed by atoms with van der Waals surface area (Å²) in [6.45, 7) is 1.60. The van der Waals surface area contributed by atoms with Crippen molar-refractivity contribution in [3.8, 4) is 11.3 Å². The number of hydrogen-bond donors (Lipinski definition) is 3. The molecule has 0 radical (unpaired) electrons. The van der Waals surface area contributed by atoms with E-state index in [0.717, 1.165) is 0 Å². The Balaban J connectivity index is 2.53. The maximum absolute atomic E-state index is 13.2. The Labute approximate surface area is 101 Å². The summed E-state index contributed by atoms with van der Waals surface area (Å²) in [4.78, 5) is 22.2. The number of carboxylic acid groups (broad SMARTS) is 1. The highest BCUT2D eigenvalue weighted by Gasteiger charge is 2.15. The third-order valence-electron chi connectivity index (χ3n) is 2.65. The van der Waals surface area contributed by atoms with Crippen molar-refractivity contribution in [3.63, 3.8) is 0 Å². The van der Waals surface area contributed by atoms with Gasteiger partial charge in [0.25, 0.3) is 5.56 Å². The molecule has 94 valence electrons. The third kappa shape index (κ3) is 2.17. The zero-order valence-electron chi connectivity index (χ0n) is 9.58. The van der Waals surface area contributed by atoms with Crippen LogP contribution in [-0.2, 0) is 11.2 Å². The van der Waals surface area contributed by atoms with Crippen LogP contribution in [0.25, 0.3) is 11.3 Å². The maximum Gasteiger partial charge on any atom is 0.308 e. The first-order chi connectivity index (χ1) is 8.49. The van der Waals surface area contributed by atoms with Crippen molar-refractivity contribution in [2.75, 3.05) is 0 Å². The second-order valence-corrected chi connectivity index (χ2v) is 3.97. The molecule has 0 fully saturated rings. The van der Waals surface area contributed by atoms with E-state index in [1.807, 2.05) is 0 Å². The number of carboxylic acids is 1. The highest BCUT2D eigenvalue weighted by atomic mass is 19.1. The Bertz CT molecular complexity index is 658. The SMILES string of the molecule is Cc1cc(-c2[nH][nH]c(=O)c2CC(=O)O)ccc1F. The lowest BCUT2D eigenvalue weighted by atomic mass is 10.0. The molecule has 3 N–H and O–H groups in total. The van der Waals surface area contributed by atoms with Crippen molar-refractivity contribution >= 4 is 5.97 Å². The number of aliphatic carboxylic acids is 1. The predicted octanol–water partition coefficient (Wildman–Crippen LogP) is 1.44. The standard InChI is InChI=1S/C12H11FN2O3/c1-6-4-7(2-3-9(6)13)11-8(5-10(16)17)12(18)15-14-11/h2-4H,5H2,1H3,(H,16,17)(H2,14,15,18). The third-order valence-corrected chi connectivity index (χ3v) is 2.65. The van der Waals surface area contributed by atoms with Gasteiger partial charge >= 0.3 is 5.97 Å². The fourth-order valence-corrected chi connectivity index (χ4v) is 1.75. The molecule has 1 heterocycles. The molecule has 0 atom stereocenters. The predicted molar refractivity (Wildman–Crippen MR) is 62.9 cm³/mol. The van der Waals surface area contributed by atoms with Crippen molar-refractivity contribution in [2.45, 2.75) is 13.3 Å². The van der Waals surface area contributed by atoms with Gasteiger partial charge in [-0.05, 0) is 30.7 Å². The molecule has 1 aromatic heterocycles. The minimum Gasteiger partial charge on any atom is -0.481 e. The number of aryl methyl sites for hydroxylation is 1. The van der Waals surface area contributed by atoms with Gasteiger partial charge in [-0.1, -0.05) is 0 Å². The number of hydrogen-bond acceptors (Lipinski definition) is 2. The second kappa shape index (κ2) is 4.48. The van der Waals surface area contributed by atoms with Gasteiger partial charge in [-0.25, -0.2) is 4.39 Å². The molecule has 0 spiro atoms. The van der Waals surface area contributed by atoms with Gasteiger partial charge in [0, 0.05) is 5.56 Å². The highest BCUT2D eigenvalue weighted by Crippen LogP contribution is 2.21. The summed E-state index contributed by atoms with van der Waals surface area (Å²) >= 11 is 0. The smallest absolute Gasteiger partial charge is 0.308 e. The minimum atomic E-state index is -1.10. The molecule has 0 saturated carbocycles. The first-order valence-electron chi connectivity index (χ1n) is 5.27. The van der Waals surface area contributed by atoms with Crippen LogP contribution in [0.3, 0.4) is 0 Å². The summed E-state index contributed by atoms with van der Waals surface area (Å²) in [7, 11) is 0. The van der Waals surface area contributed by atoms with E-state index in [0.29, 0.717) is 16.8 Å². The number of nitrogens with one attached hydrogen (secondary N) is 2. The highest BCUT2D eigenvalue weighted by molar-refractivity contribution is 5.74. The van der Waals surface area contributed by atoms with Crippen LogP contribution < -0.4 is 5.56 Å². The fourth-order valence-electron chi connectivity index (χ4n) is 1.75. The van der Waals surface area contributed by atoms with E-state index in [4.69, 9.17) is 5.11 Å². The van der Waals surface area contributed by atoms with Crippen molar-refractivity contribution in [1.29, 1.82) is 0 Å². The van der Waals surface area contributed by atoms with E-state index in [1.165, 1.54) is 12.1 Å². The summed E-state index contributed by atoms with van der Waals surface area (Å²) < 4.78 is 13.2. The first kappa shape index (κ1) is 12.1. The van der Waals surface area contributed by atoms with Gasteiger partial charge in [0.1, 0.15) is 5.82 Å². The van der Waals surface area contributed by atoms with Crippen molar-refractivity contribution < 1.29 is 14.3 Å². The van der Waals surface area contributed by atoms with E-state index in [-0.39, 0.29) is 17.8 Å². The Morgan fingerprint density at radius 1 is 1.39 bits per heavy atom. The van der Waals surface area contributed by atoms with Crippen LogP contribution in [0, 0.1) is 12.7 Å². The van der Waals surface area contributed by atoms with E-state index in [9.17, 15) is 14.0 Å². The van der Waals surface area contributed by atoms with Gasteiger partial charge in [-0.2, -0.15) is 0 Å². The molecule has 0 amide bonds. The lowest BCUT2D eigenvalue weighted by Crippen LogP contribution is -2.11. The van der Waals surface area contributed by atoms with Gasteiger partial charge in [0.2, 0.25) is 0 Å². The van der Waals surface area contributed by atoms with Crippen LogP contribution in [0.4, 0.5) is 4.39 Å². The Hall–Kier alpha value is -2.37. The zero-order valence-corrected chi connectivity index (χ0v) is 9.58. The quantitative estimate of drug-likeness (QED) is 0.770. The molecule has 0 bridgehead atoms. The summed E-state index contributed by atoms with van der Waals surface area (Å²) in [5, 5.41) is 13.7. The number of halogens is 1. The van der Waals surface area contributed by atoms with Crippen LogP contribution in [-0.4, -0.2) is 21.3 Å². The molecule has 0 aliphatic rings. The Morgan fingerprint density at radius 2 is 2.11 bits per heavy atom. The van der Waals surface area contributed by atoms with Gasteiger partial charge in [-0.3, -0.25) is 19.8 Å². The topological polar surface area (TPSA) is 86.0 Å². The van der Waals surface area contributed by atoms with Crippen molar-refractivity contribution in [3.05, 3.63) is 45.5 Å². The first-order valence-corrected chi connectivity index (χ1v) is 5.27. The van der Waals surface area contributed by atoms with Crippen LogP contribution in [0.1, 0.15) is 11.1 Å². The Morgan fingerprint density at radius 3 is 2.72 bits per heavy atom. The number of aromatic nitrogens is 2. The van der Waals surface area contributed by atoms with Gasteiger partial charge in [0.15, 0.2) is 0 Å². The largest absolute Gasteiger partial charge is 0.481 e. The average Bonchev–Trinajstić information content (AvgIpc) is 2.64. The van der Waals surface area contributed by atoms with E-state index < -0.39 is 11.5 Å². The van der Waals surface area contributed by atoms with Crippen LogP contribution in [0.15, 0.2) is 23.0 Å². The minimum absolute atomic E-state index is 0.133.